The summed E-state index contributed by atoms with van der Waals surface area (Å²) >= 11 is 0. The maximum Gasteiger partial charge on any atom is 0.351 e. The Morgan fingerprint density at radius 1 is 0.826 bits per heavy atom. The van der Waals surface area contributed by atoms with Crippen molar-refractivity contribution in [3.8, 4) is 0 Å². The van der Waals surface area contributed by atoms with Crippen molar-refractivity contribution in [2.45, 2.75) is 115 Å². The molecule has 7 unspecified atom stereocenters. The zero-order chi connectivity index (χ0) is 33.6. The molecule has 3 aliphatic heterocycles. The second kappa shape index (κ2) is 9.08. The van der Waals surface area contributed by atoms with Gasteiger partial charge in [0, 0.05) is 22.3 Å². The molecule has 2 aromatic rings. The van der Waals surface area contributed by atoms with Crippen molar-refractivity contribution in [2.24, 2.45) is 21.7 Å². The highest BCUT2D eigenvalue weighted by Gasteiger charge is 2.78. The molecule has 4 bridgehead atoms. The Balaban J connectivity index is 1.37. The van der Waals surface area contributed by atoms with Gasteiger partial charge in [0.15, 0.2) is 12.2 Å². The number of benzene rings is 1. The molecule has 0 spiro atoms. The first kappa shape index (κ1) is 31.1. The van der Waals surface area contributed by atoms with Crippen molar-refractivity contribution in [2.75, 3.05) is 0 Å². The first-order chi connectivity index (χ1) is 21.3. The molecule has 4 fully saturated rings. The zero-order valence-electron chi connectivity index (χ0n) is 27.2. The first-order valence-corrected chi connectivity index (χ1v) is 16.9. The molecule has 7 rings (SSSR count). The van der Waals surface area contributed by atoms with Gasteiger partial charge in [-0.3, -0.25) is 13.8 Å². The van der Waals surface area contributed by atoms with Gasteiger partial charge < -0.3 is 23.4 Å². The minimum Gasteiger partial charge on any atom is -0.454 e. The summed E-state index contributed by atoms with van der Waals surface area (Å²) in [6.45, 7) is 14.0. The number of hydrogen-bond donors (Lipinski definition) is 0. The number of hydrogen-bond acceptors (Lipinski definition) is 11. The van der Waals surface area contributed by atoms with Crippen LogP contribution in [0.25, 0.3) is 11.0 Å². The Kier molecular flexibility index (Phi) is 6.13. The van der Waals surface area contributed by atoms with E-state index in [-0.39, 0.29) is 28.9 Å². The summed E-state index contributed by atoms with van der Waals surface area (Å²) < 4.78 is 43.8. The Labute approximate surface area is 268 Å². The summed E-state index contributed by atoms with van der Waals surface area (Å²) in [4.78, 5) is 67.6. The Hall–Kier alpha value is -3.54. The quantitative estimate of drug-likeness (QED) is 0.263. The lowest BCUT2D eigenvalue weighted by Gasteiger charge is -2.41. The molecule has 0 radical (unpaired) electrons. The van der Waals surface area contributed by atoms with Gasteiger partial charge in [0.25, 0.3) is 0 Å². The maximum atomic E-state index is 14.4. The lowest BCUT2D eigenvalue weighted by molar-refractivity contribution is -0.202. The molecule has 4 heterocycles. The van der Waals surface area contributed by atoms with Crippen molar-refractivity contribution >= 4 is 45.6 Å². The summed E-state index contributed by atoms with van der Waals surface area (Å²) in [6.07, 6.45) is -1.47. The second-order valence-electron chi connectivity index (χ2n) is 15.1. The number of ether oxygens (including phenoxy) is 4. The minimum atomic E-state index is -1.81. The van der Waals surface area contributed by atoms with E-state index in [0.29, 0.717) is 23.8 Å². The Morgan fingerprint density at radius 3 is 1.83 bits per heavy atom. The third-order valence-corrected chi connectivity index (χ3v) is 14.8. The van der Waals surface area contributed by atoms with Crippen molar-refractivity contribution in [3.05, 3.63) is 39.7 Å². The summed E-state index contributed by atoms with van der Waals surface area (Å²) in [6, 6.07) is 4.63. The predicted octanol–water partition coefficient (Wildman–Crippen LogP) is 4.35. The SMILES string of the molecule is Cc1cc(=O)oc2c3c(ccc12)S(=O)[C@@H](C)C(OC(=O)C12CCC(C)(C(=O)O1)C2(C)C)C3OC(=O)C12CCC(C)(C(=O)O1)C2(C)C. The molecule has 0 N–H and O–H groups in total. The van der Waals surface area contributed by atoms with Crippen LogP contribution in [0.2, 0.25) is 0 Å². The fourth-order valence-corrected chi connectivity index (χ4v) is 10.2. The summed E-state index contributed by atoms with van der Waals surface area (Å²) in [5.41, 5.74) is -6.82. The van der Waals surface area contributed by atoms with Crippen LogP contribution in [-0.4, -0.2) is 50.6 Å². The lowest BCUT2D eigenvalue weighted by atomic mass is 9.66. The molecule has 11 nitrogen and oxygen atoms in total. The van der Waals surface area contributed by atoms with E-state index >= 15 is 0 Å². The van der Waals surface area contributed by atoms with Gasteiger partial charge in [-0.15, -0.1) is 0 Å². The fourth-order valence-electron chi connectivity index (χ4n) is 8.68. The number of rotatable bonds is 4. The van der Waals surface area contributed by atoms with Gasteiger partial charge in [0.1, 0.15) is 5.58 Å². The van der Waals surface area contributed by atoms with Crippen LogP contribution < -0.4 is 5.63 Å². The normalized spacial score (nSPS) is 39.6. The van der Waals surface area contributed by atoms with Gasteiger partial charge in [-0.1, -0.05) is 27.7 Å². The summed E-state index contributed by atoms with van der Waals surface area (Å²) in [5.74, 6) is -2.66. The molecule has 2 saturated heterocycles. The summed E-state index contributed by atoms with van der Waals surface area (Å²) in [5, 5.41) is -0.385. The van der Waals surface area contributed by atoms with Crippen LogP contribution in [0.15, 0.2) is 32.3 Å². The number of fused-ring (bicyclic) bond motifs is 7. The molecular weight excluding hydrogens is 616 g/mol. The average molecular weight is 655 g/mol. The van der Waals surface area contributed by atoms with E-state index in [1.165, 1.54) is 6.07 Å². The van der Waals surface area contributed by atoms with Crippen molar-refractivity contribution < 1.29 is 46.8 Å². The molecule has 12 heteroatoms. The van der Waals surface area contributed by atoms with Crippen LogP contribution in [0.4, 0.5) is 0 Å². The van der Waals surface area contributed by atoms with E-state index in [1.807, 2.05) is 0 Å². The van der Waals surface area contributed by atoms with Crippen molar-refractivity contribution in [1.29, 1.82) is 0 Å². The number of esters is 4. The molecule has 1 aromatic heterocycles. The zero-order valence-corrected chi connectivity index (χ0v) is 28.0. The van der Waals surface area contributed by atoms with Gasteiger partial charge in [-0.05, 0) is 71.1 Å². The highest BCUT2D eigenvalue weighted by atomic mass is 32.2. The van der Waals surface area contributed by atoms with Gasteiger partial charge in [0.05, 0.1) is 37.3 Å². The van der Waals surface area contributed by atoms with E-state index in [2.05, 4.69) is 0 Å². The van der Waals surface area contributed by atoms with Crippen LogP contribution >= 0.6 is 0 Å². The van der Waals surface area contributed by atoms with Crippen molar-refractivity contribution in [1.82, 2.24) is 0 Å². The van der Waals surface area contributed by atoms with Gasteiger partial charge in [0.2, 0.25) is 11.2 Å². The third kappa shape index (κ3) is 3.33. The minimum absolute atomic E-state index is 0.0530. The molecule has 0 amide bonds. The van der Waals surface area contributed by atoms with E-state index in [0.717, 1.165) is 0 Å². The van der Waals surface area contributed by atoms with Crippen LogP contribution in [0, 0.1) is 28.6 Å². The van der Waals surface area contributed by atoms with Gasteiger partial charge in [-0.2, -0.15) is 0 Å². The van der Waals surface area contributed by atoms with Crippen molar-refractivity contribution in [3.63, 3.8) is 0 Å². The number of aryl methyl sites for hydroxylation is 1. The first-order valence-electron chi connectivity index (χ1n) is 15.7. The lowest BCUT2D eigenvalue weighted by Crippen LogP contribution is -2.54. The molecule has 246 valence electrons. The van der Waals surface area contributed by atoms with E-state index in [1.54, 1.807) is 67.5 Å². The maximum absolute atomic E-state index is 14.4. The third-order valence-electron chi connectivity index (χ3n) is 13.0. The molecule has 1 aromatic carbocycles. The highest BCUT2D eigenvalue weighted by Crippen LogP contribution is 2.67. The molecule has 2 saturated carbocycles. The highest BCUT2D eigenvalue weighted by molar-refractivity contribution is 7.85. The van der Waals surface area contributed by atoms with Crippen LogP contribution in [-0.2, 0) is 48.9 Å². The number of carbonyl (C=O) groups excluding carboxylic acids is 4. The Morgan fingerprint density at radius 2 is 1.35 bits per heavy atom. The molecular formula is C34H38O11S. The largest absolute Gasteiger partial charge is 0.454 e. The van der Waals surface area contributed by atoms with Crippen LogP contribution in [0.3, 0.4) is 0 Å². The monoisotopic (exact) mass is 654 g/mol. The Bertz CT molecular complexity index is 1870. The van der Waals surface area contributed by atoms with E-state index < -0.39 is 90.6 Å². The standard InChI is InChI=1S/C34H38O11S/c1-16-15-20(35)41-23-18(16)9-10-19-21(23)24(43-28(39)34-14-12-32(8,26(37)45-34)30(34,5)6)22(17(2)46(19)40)42-27(38)33-13-11-31(7,25(36)44-33)29(33,3)4/h9-10,15,17,22,24H,11-14H2,1-8H3/t17-,22?,24?,31?,32?,33?,34?,46?/m0/s1. The van der Waals surface area contributed by atoms with Gasteiger partial charge in [-0.25, -0.2) is 14.4 Å². The number of carbonyl (C=O) groups is 4. The molecule has 2 aliphatic carbocycles. The average Bonchev–Trinajstić information content (AvgIpc) is 3.45. The van der Waals surface area contributed by atoms with Gasteiger partial charge >= 0.3 is 29.5 Å². The smallest absolute Gasteiger partial charge is 0.351 e. The molecule has 5 aliphatic rings. The topological polar surface area (TPSA) is 152 Å². The van der Waals surface area contributed by atoms with Crippen LogP contribution in [0.1, 0.15) is 91.4 Å². The summed E-state index contributed by atoms with van der Waals surface area (Å²) in [7, 11) is -1.81. The molecule has 46 heavy (non-hydrogen) atoms. The predicted molar refractivity (Wildman–Crippen MR) is 162 cm³/mol. The second-order valence-corrected chi connectivity index (χ2v) is 16.9. The van der Waals surface area contributed by atoms with E-state index in [9.17, 15) is 28.2 Å². The molecule has 8 atom stereocenters. The van der Waals surface area contributed by atoms with E-state index in [4.69, 9.17) is 23.4 Å². The fraction of sp³-hybridized carbons (Fsp3) is 0.618. The van der Waals surface area contributed by atoms with Crippen LogP contribution in [0.5, 0.6) is 0 Å².